The highest BCUT2D eigenvalue weighted by molar-refractivity contribution is 5.26. The van der Waals surface area contributed by atoms with Crippen molar-refractivity contribution in [2.45, 2.75) is 19.6 Å². The van der Waals surface area contributed by atoms with E-state index in [1.165, 1.54) is 6.07 Å². The second-order valence-electron chi connectivity index (χ2n) is 4.27. The fourth-order valence-corrected chi connectivity index (χ4v) is 1.88. The fraction of sp³-hybridized carbons (Fsp3) is 0.538. The molecule has 0 spiro atoms. The third-order valence-corrected chi connectivity index (χ3v) is 2.88. The first kappa shape index (κ1) is 12.5. The summed E-state index contributed by atoms with van der Waals surface area (Å²) >= 11 is 0. The lowest BCUT2D eigenvalue weighted by Gasteiger charge is -2.23. The molecule has 1 fully saturated rings. The Morgan fingerprint density at radius 1 is 1.41 bits per heavy atom. The maximum absolute atomic E-state index is 12.9. The Balaban J connectivity index is 1.77. The number of rotatable bonds is 4. The molecule has 0 bridgehead atoms. The molecule has 0 amide bonds. The molecular formula is C13H18FNO2. The predicted molar refractivity (Wildman–Crippen MR) is 63.4 cm³/mol. The van der Waals surface area contributed by atoms with Crippen LogP contribution in [0.15, 0.2) is 18.2 Å². The summed E-state index contributed by atoms with van der Waals surface area (Å²) in [7, 11) is 0. The van der Waals surface area contributed by atoms with Crippen LogP contribution in [0, 0.1) is 12.7 Å². The molecule has 94 valence electrons. The van der Waals surface area contributed by atoms with Gasteiger partial charge in [0.2, 0.25) is 0 Å². The van der Waals surface area contributed by atoms with E-state index < -0.39 is 0 Å². The van der Waals surface area contributed by atoms with Crippen molar-refractivity contribution in [2.75, 3.05) is 26.4 Å². The molecule has 17 heavy (non-hydrogen) atoms. The minimum atomic E-state index is -0.185. The van der Waals surface area contributed by atoms with Gasteiger partial charge in [-0.05, 0) is 30.2 Å². The number of ether oxygens (including phenoxy) is 2. The molecule has 4 heteroatoms. The number of halogens is 1. The van der Waals surface area contributed by atoms with E-state index in [-0.39, 0.29) is 11.9 Å². The summed E-state index contributed by atoms with van der Waals surface area (Å²) in [6.07, 6.45) is 0.129. The van der Waals surface area contributed by atoms with Gasteiger partial charge in [-0.2, -0.15) is 0 Å². The Kier molecular flexibility index (Phi) is 4.48. The summed E-state index contributed by atoms with van der Waals surface area (Å²) in [6, 6.07) is 4.86. The Morgan fingerprint density at radius 3 is 3.00 bits per heavy atom. The zero-order valence-electron chi connectivity index (χ0n) is 10.0. The van der Waals surface area contributed by atoms with Crippen LogP contribution >= 0.6 is 0 Å². The summed E-state index contributed by atoms with van der Waals surface area (Å²) in [5.74, 6) is -0.185. The summed E-state index contributed by atoms with van der Waals surface area (Å²) in [5.41, 5.74) is 2.08. The van der Waals surface area contributed by atoms with Crippen molar-refractivity contribution in [1.29, 1.82) is 0 Å². The quantitative estimate of drug-likeness (QED) is 0.866. The molecule has 2 rings (SSSR count). The highest BCUT2D eigenvalue weighted by Gasteiger charge is 2.13. The highest BCUT2D eigenvalue weighted by Crippen LogP contribution is 2.09. The molecule has 1 heterocycles. The summed E-state index contributed by atoms with van der Waals surface area (Å²) < 4.78 is 23.7. The minimum absolute atomic E-state index is 0.129. The molecule has 1 aliphatic rings. The topological polar surface area (TPSA) is 30.5 Å². The maximum Gasteiger partial charge on any atom is 0.123 e. The van der Waals surface area contributed by atoms with Crippen LogP contribution in [-0.4, -0.2) is 32.5 Å². The smallest absolute Gasteiger partial charge is 0.123 e. The Morgan fingerprint density at radius 2 is 2.29 bits per heavy atom. The molecule has 1 N–H and O–H groups in total. The van der Waals surface area contributed by atoms with Crippen LogP contribution in [0.4, 0.5) is 4.39 Å². The minimum Gasteiger partial charge on any atom is -0.376 e. The van der Waals surface area contributed by atoms with Crippen LogP contribution in [0.1, 0.15) is 11.1 Å². The van der Waals surface area contributed by atoms with Crippen molar-refractivity contribution in [2.24, 2.45) is 0 Å². The maximum atomic E-state index is 12.9. The number of hydrogen-bond donors (Lipinski definition) is 1. The second-order valence-corrected chi connectivity index (χ2v) is 4.27. The molecule has 1 saturated heterocycles. The first-order valence-corrected chi connectivity index (χ1v) is 5.91. The van der Waals surface area contributed by atoms with Crippen LogP contribution in [-0.2, 0) is 16.0 Å². The van der Waals surface area contributed by atoms with Crippen LogP contribution in [0.5, 0.6) is 0 Å². The van der Waals surface area contributed by atoms with E-state index in [2.05, 4.69) is 5.32 Å². The number of nitrogens with one attached hydrogen (secondary N) is 1. The van der Waals surface area contributed by atoms with Crippen LogP contribution < -0.4 is 5.32 Å². The number of hydrogen-bond acceptors (Lipinski definition) is 3. The molecule has 0 saturated carbocycles. The van der Waals surface area contributed by atoms with Crippen molar-refractivity contribution in [3.8, 4) is 0 Å². The first-order chi connectivity index (χ1) is 8.25. The summed E-state index contributed by atoms with van der Waals surface area (Å²) in [4.78, 5) is 0. The molecular weight excluding hydrogens is 221 g/mol. The zero-order valence-corrected chi connectivity index (χ0v) is 10.0. The predicted octanol–water partition coefficient (Wildman–Crippen LogP) is 1.64. The summed E-state index contributed by atoms with van der Waals surface area (Å²) in [5, 5.41) is 3.30. The van der Waals surface area contributed by atoms with E-state index in [0.717, 1.165) is 24.2 Å². The largest absolute Gasteiger partial charge is 0.376 e. The molecule has 0 radical (unpaired) electrons. The SMILES string of the molecule is Cc1cc(F)ccc1CNCC1COCCO1. The molecule has 3 nitrogen and oxygen atoms in total. The molecule has 0 aromatic heterocycles. The number of aryl methyl sites for hydroxylation is 1. The van der Waals surface area contributed by atoms with Crippen LogP contribution in [0.25, 0.3) is 0 Å². The Bertz CT molecular complexity index is 364. The molecule has 1 atom stereocenters. The van der Waals surface area contributed by atoms with Crippen molar-refractivity contribution in [3.63, 3.8) is 0 Å². The van der Waals surface area contributed by atoms with E-state index in [1.807, 2.05) is 13.0 Å². The third-order valence-electron chi connectivity index (χ3n) is 2.88. The van der Waals surface area contributed by atoms with E-state index in [4.69, 9.17) is 9.47 Å². The molecule has 1 unspecified atom stereocenters. The van der Waals surface area contributed by atoms with Crippen LogP contribution in [0.2, 0.25) is 0 Å². The van der Waals surface area contributed by atoms with Gasteiger partial charge in [0.25, 0.3) is 0 Å². The fourth-order valence-electron chi connectivity index (χ4n) is 1.88. The number of benzene rings is 1. The van der Waals surface area contributed by atoms with Crippen molar-refractivity contribution < 1.29 is 13.9 Å². The van der Waals surface area contributed by atoms with Gasteiger partial charge in [0.05, 0.1) is 25.9 Å². The van der Waals surface area contributed by atoms with Gasteiger partial charge in [-0.15, -0.1) is 0 Å². The lowest BCUT2D eigenvalue weighted by Crippen LogP contribution is -2.37. The average Bonchev–Trinajstić information content (AvgIpc) is 2.33. The van der Waals surface area contributed by atoms with E-state index in [9.17, 15) is 4.39 Å². The van der Waals surface area contributed by atoms with Crippen molar-refractivity contribution in [1.82, 2.24) is 5.32 Å². The molecule has 1 aliphatic heterocycles. The normalized spacial score (nSPS) is 20.5. The lowest BCUT2D eigenvalue weighted by atomic mass is 10.1. The third kappa shape index (κ3) is 3.77. The highest BCUT2D eigenvalue weighted by atomic mass is 19.1. The van der Waals surface area contributed by atoms with Gasteiger partial charge in [0.1, 0.15) is 5.82 Å². The van der Waals surface area contributed by atoms with E-state index >= 15 is 0 Å². The molecule has 1 aromatic rings. The van der Waals surface area contributed by atoms with Gasteiger partial charge < -0.3 is 14.8 Å². The molecule has 0 aliphatic carbocycles. The zero-order chi connectivity index (χ0) is 12.1. The average molecular weight is 239 g/mol. The van der Waals surface area contributed by atoms with Gasteiger partial charge in [-0.1, -0.05) is 6.07 Å². The Hall–Kier alpha value is -0.970. The lowest BCUT2D eigenvalue weighted by molar-refractivity contribution is -0.0864. The first-order valence-electron chi connectivity index (χ1n) is 5.91. The second kappa shape index (κ2) is 6.10. The molecule has 1 aromatic carbocycles. The van der Waals surface area contributed by atoms with E-state index in [1.54, 1.807) is 6.07 Å². The van der Waals surface area contributed by atoms with Gasteiger partial charge in [0.15, 0.2) is 0 Å². The summed E-state index contributed by atoms with van der Waals surface area (Å²) in [6.45, 7) is 5.41. The Labute approximate surface area is 101 Å². The van der Waals surface area contributed by atoms with E-state index in [0.29, 0.717) is 19.8 Å². The van der Waals surface area contributed by atoms with Crippen molar-refractivity contribution in [3.05, 3.63) is 35.1 Å². The van der Waals surface area contributed by atoms with Gasteiger partial charge in [-0.3, -0.25) is 0 Å². The van der Waals surface area contributed by atoms with Gasteiger partial charge >= 0.3 is 0 Å². The van der Waals surface area contributed by atoms with Crippen molar-refractivity contribution >= 4 is 0 Å². The monoisotopic (exact) mass is 239 g/mol. The standard InChI is InChI=1S/C13H18FNO2/c1-10-6-12(14)3-2-11(10)7-15-8-13-9-16-4-5-17-13/h2-3,6,13,15H,4-5,7-9H2,1H3. The van der Waals surface area contributed by atoms with Gasteiger partial charge in [0, 0.05) is 13.1 Å². The van der Waals surface area contributed by atoms with Crippen LogP contribution in [0.3, 0.4) is 0 Å². The van der Waals surface area contributed by atoms with Gasteiger partial charge in [-0.25, -0.2) is 4.39 Å².